The van der Waals surface area contributed by atoms with E-state index >= 15 is 0 Å². The number of ether oxygens (including phenoxy) is 1. The Hall–Kier alpha value is -1.81. The molecule has 2 aromatic rings. The zero-order valence-electron chi connectivity index (χ0n) is 13.8. The molecule has 1 saturated carbocycles. The van der Waals surface area contributed by atoms with Gasteiger partial charge in [0.1, 0.15) is 5.75 Å². The number of amides is 1. The number of benzene rings is 2. The van der Waals surface area contributed by atoms with Crippen LogP contribution in [0.3, 0.4) is 0 Å². The van der Waals surface area contributed by atoms with Crippen LogP contribution in [0.2, 0.25) is 0 Å². The number of carbonyl (C=O) groups is 1. The lowest BCUT2D eigenvalue weighted by molar-refractivity contribution is -0.126. The van der Waals surface area contributed by atoms with Crippen molar-refractivity contribution in [1.29, 1.82) is 0 Å². The monoisotopic (exact) mass is 387 g/mol. The molecule has 0 heterocycles. The van der Waals surface area contributed by atoms with E-state index in [1.54, 1.807) is 7.11 Å². The van der Waals surface area contributed by atoms with Crippen molar-refractivity contribution >= 4 is 21.8 Å². The fraction of sp³-hybridized carbons (Fsp3) is 0.350. The molecule has 0 bridgehead atoms. The average molecular weight is 388 g/mol. The second-order valence-corrected chi connectivity index (χ2v) is 7.25. The van der Waals surface area contributed by atoms with Crippen molar-refractivity contribution in [3.63, 3.8) is 0 Å². The fourth-order valence-electron chi connectivity index (χ4n) is 3.51. The first-order chi connectivity index (χ1) is 11.6. The van der Waals surface area contributed by atoms with Crippen LogP contribution in [0.1, 0.15) is 36.8 Å². The second kappa shape index (κ2) is 7.39. The van der Waals surface area contributed by atoms with Gasteiger partial charge in [-0.25, -0.2) is 0 Å². The van der Waals surface area contributed by atoms with Crippen LogP contribution in [-0.4, -0.2) is 13.0 Å². The molecule has 0 saturated heterocycles. The van der Waals surface area contributed by atoms with Gasteiger partial charge in [-0.05, 0) is 48.2 Å². The molecule has 0 aromatic heterocycles. The van der Waals surface area contributed by atoms with Gasteiger partial charge in [0.2, 0.25) is 5.91 Å². The molecule has 1 N–H and O–H groups in total. The van der Waals surface area contributed by atoms with Crippen molar-refractivity contribution < 1.29 is 9.53 Å². The maximum absolute atomic E-state index is 13.0. The van der Waals surface area contributed by atoms with Crippen LogP contribution >= 0.6 is 15.9 Å². The van der Waals surface area contributed by atoms with Gasteiger partial charge in [0.05, 0.1) is 12.5 Å². The standard InChI is InChI=1S/C20H22BrNO2/c1-24-18-9-7-15(8-10-18)14-22-19(23)20(11-2-3-12-20)16-5-4-6-17(21)13-16/h4-10,13H,2-3,11-12,14H2,1H3,(H,22,23). The predicted molar refractivity (Wildman–Crippen MR) is 99.1 cm³/mol. The Morgan fingerprint density at radius 3 is 2.50 bits per heavy atom. The van der Waals surface area contributed by atoms with Crippen molar-refractivity contribution in [2.24, 2.45) is 0 Å². The largest absolute Gasteiger partial charge is 0.497 e. The molecule has 2 aromatic carbocycles. The minimum Gasteiger partial charge on any atom is -0.497 e. The van der Waals surface area contributed by atoms with Gasteiger partial charge >= 0.3 is 0 Å². The Labute approximate surface area is 151 Å². The maximum Gasteiger partial charge on any atom is 0.230 e. The van der Waals surface area contributed by atoms with E-state index in [1.165, 1.54) is 0 Å². The summed E-state index contributed by atoms with van der Waals surface area (Å²) in [5, 5.41) is 3.14. The van der Waals surface area contributed by atoms with Crippen LogP contribution < -0.4 is 10.1 Å². The Bertz CT molecular complexity index is 706. The number of hydrogen-bond donors (Lipinski definition) is 1. The van der Waals surface area contributed by atoms with Gasteiger partial charge in [0.25, 0.3) is 0 Å². The number of rotatable bonds is 5. The maximum atomic E-state index is 13.0. The van der Waals surface area contributed by atoms with Gasteiger partial charge in [-0.15, -0.1) is 0 Å². The molecule has 126 valence electrons. The van der Waals surface area contributed by atoms with Crippen LogP contribution in [0.5, 0.6) is 5.75 Å². The Morgan fingerprint density at radius 2 is 1.88 bits per heavy atom. The zero-order chi connectivity index (χ0) is 17.0. The average Bonchev–Trinajstić information content (AvgIpc) is 3.11. The quantitative estimate of drug-likeness (QED) is 0.814. The molecular weight excluding hydrogens is 366 g/mol. The summed E-state index contributed by atoms with van der Waals surface area (Å²) in [4.78, 5) is 13.0. The molecule has 0 radical (unpaired) electrons. The van der Waals surface area contributed by atoms with E-state index in [-0.39, 0.29) is 5.91 Å². The Kier molecular flexibility index (Phi) is 5.24. The first-order valence-electron chi connectivity index (χ1n) is 8.31. The van der Waals surface area contributed by atoms with Gasteiger partial charge in [-0.1, -0.05) is 53.0 Å². The molecule has 3 rings (SSSR count). The third-order valence-electron chi connectivity index (χ3n) is 4.88. The highest BCUT2D eigenvalue weighted by molar-refractivity contribution is 9.10. The first-order valence-corrected chi connectivity index (χ1v) is 9.11. The van der Waals surface area contributed by atoms with Crippen LogP contribution in [0.25, 0.3) is 0 Å². The van der Waals surface area contributed by atoms with E-state index in [0.29, 0.717) is 6.54 Å². The molecule has 1 amide bonds. The van der Waals surface area contributed by atoms with Crippen molar-refractivity contribution in [3.8, 4) is 5.75 Å². The topological polar surface area (TPSA) is 38.3 Å². The lowest BCUT2D eigenvalue weighted by atomic mass is 9.78. The van der Waals surface area contributed by atoms with Crippen molar-refractivity contribution in [2.75, 3.05) is 7.11 Å². The number of hydrogen-bond acceptors (Lipinski definition) is 2. The van der Waals surface area contributed by atoms with Crippen molar-refractivity contribution in [3.05, 3.63) is 64.1 Å². The number of nitrogens with one attached hydrogen (secondary N) is 1. The summed E-state index contributed by atoms with van der Waals surface area (Å²) in [6.45, 7) is 0.540. The molecule has 3 nitrogen and oxygen atoms in total. The van der Waals surface area contributed by atoms with Crippen molar-refractivity contribution in [1.82, 2.24) is 5.32 Å². The zero-order valence-corrected chi connectivity index (χ0v) is 15.4. The van der Waals surface area contributed by atoms with Gasteiger partial charge in [-0.2, -0.15) is 0 Å². The van der Waals surface area contributed by atoms with E-state index < -0.39 is 5.41 Å². The number of carbonyl (C=O) groups excluding carboxylic acids is 1. The highest BCUT2D eigenvalue weighted by Crippen LogP contribution is 2.42. The van der Waals surface area contributed by atoms with E-state index in [1.807, 2.05) is 36.4 Å². The molecule has 1 aliphatic carbocycles. The van der Waals surface area contributed by atoms with Crippen LogP contribution in [-0.2, 0) is 16.8 Å². The summed E-state index contributed by atoms with van der Waals surface area (Å²) < 4.78 is 6.19. The first kappa shape index (κ1) is 17.0. The third-order valence-corrected chi connectivity index (χ3v) is 5.37. The Balaban J connectivity index is 1.75. The summed E-state index contributed by atoms with van der Waals surface area (Å²) in [6.07, 6.45) is 4.03. The Morgan fingerprint density at radius 1 is 1.17 bits per heavy atom. The smallest absolute Gasteiger partial charge is 0.230 e. The van der Waals surface area contributed by atoms with Gasteiger partial charge in [0, 0.05) is 11.0 Å². The lowest BCUT2D eigenvalue weighted by Crippen LogP contribution is -2.42. The lowest BCUT2D eigenvalue weighted by Gasteiger charge is -2.28. The summed E-state index contributed by atoms with van der Waals surface area (Å²) in [5.41, 5.74) is 1.80. The van der Waals surface area contributed by atoms with Crippen LogP contribution in [0.15, 0.2) is 53.0 Å². The fourth-order valence-corrected chi connectivity index (χ4v) is 3.91. The minimum atomic E-state index is -0.393. The highest BCUT2D eigenvalue weighted by atomic mass is 79.9. The molecular formula is C20H22BrNO2. The molecule has 24 heavy (non-hydrogen) atoms. The normalized spacial score (nSPS) is 15.9. The van der Waals surface area contributed by atoms with Gasteiger partial charge < -0.3 is 10.1 Å². The molecule has 4 heteroatoms. The summed E-state index contributed by atoms with van der Waals surface area (Å²) in [6, 6.07) is 16.0. The van der Waals surface area contributed by atoms with Crippen LogP contribution in [0, 0.1) is 0 Å². The second-order valence-electron chi connectivity index (χ2n) is 6.33. The number of methoxy groups -OCH3 is 1. The van der Waals surface area contributed by atoms with Crippen LogP contribution in [0.4, 0.5) is 0 Å². The third kappa shape index (κ3) is 3.48. The molecule has 1 aliphatic rings. The van der Waals surface area contributed by atoms with Crippen molar-refractivity contribution in [2.45, 2.75) is 37.6 Å². The summed E-state index contributed by atoms with van der Waals surface area (Å²) >= 11 is 3.53. The summed E-state index contributed by atoms with van der Waals surface area (Å²) in [7, 11) is 1.65. The van der Waals surface area contributed by atoms with E-state index in [9.17, 15) is 4.79 Å². The molecule has 1 fully saturated rings. The van der Waals surface area contributed by atoms with Gasteiger partial charge in [0.15, 0.2) is 0 Å². The highest BCUT2D eigenvalue weighted by Gasteiger charge is 2.42. The molecule has 0 aliphatic heterocycles. The number of halogens is 1. The minimum absolute atomic E-state index is 0.133. The van der Waals surface area contributed by atoms with E-state index in [0.717, 1.165) is 47.0 Å². The molecule has 0 atom stereocenters. The SMILES string of the molecule is COc1ccc(CNC(=O)C2(c3cccc(Br)c3)CCCC2)cc1. The summed E-state index contributed by atoms with van der Waals surface area (Å²) in [5.74, 6) is 0.959. The molecule has 0 unspecified atom stereocenters. The van der Waals surface area contributed by atoms with E-state index in [4.69, 9.17) is 4.74 Å². The van der Waals surface area contributed by atoms with E-state index in [2.05, 4.69) is 33.4 Å². The van der Waals surface area contributed by atoms with Gasteiger partial charge in [-0.3, -0.25) is 4.79 Å². The predicted octanol–water partition coefficient (Wildman–Crippen LogP) is 4.59. The molecule has 0 spiro atoms.